The second-order valence-corrected chi connectivity index (χ2v) is 7.44. The minimum absolute atomic E-state index is 0.207. The highest BCUT2D eigenvalue weighted by Crippen LogP contribution is 2.34. The van der Waals surface area contributed by atoms with Gasteiger partial charge in [0.2, 0.25) is 0 Å². The second kappa shape index (κ2) is 5.76. The van der Waals surface area contributed by atoms with Crippen molar-refractivity contribution in [1.29, 1.82) is 0 Å². The molecule has 4 heteroatoms. The maximum absolute atomic E-state index is 12.1. The Labute approximate surface area is 129 Å². The van der Waals surface area contributed by atoms with Gasteiger partial charge in [-0.2, -0.15) is 0 Å². The van der Waals surface area contributed by atoms with Gasteiger partial charge < -0.3 is 9.64 Å². The zero-order valence-corrected chi connectivity index (χ0v) is 14.1. The van der Waals surface area contributed by atoms with Crippen molar-refractivity contribution in [3.8, 4) is 0 Å². The number of carbonyl (C=O) groups is 1. The third-order valence-electron chi connectivity index (χ3n) is 3.54. The molecular formula is C16H22BrNO2. The molecule has 0 aliphatic carbocycles. The Kier molecular flexibility index (Phi) is 4.43. The van der Waals surface area contributed by atoms with Crippen molar-refractivity contribution in [2.45, 2.75) is 39.2 Å². The van der Waals surface area contributed by atoms with Crippen LogP contribution >= 0.6 is 15.9 Å². The van der Waals surface area contributed by atoms with Gasteiger partial charge in [0.25, 0.3) is 0 Å². The van der Waals surface area contributed by atoms with Crippen LogP contribution in [0.25, 0.3) is 0 Å². The van der Waals surface area contributed by atoms with Crippen molar-refractivity contribution >= 4 is 22.0 Å². The molecule has 110 valence electrons. The minimum Gasteiger partial charge on any atom is -0.444 e. The summed E-state index contributed by atoms with van der Waals surface area (Å²) in [5.41, 5.74) is 0.840. The zero-order valence-electron chi connectivity index (χ0n) is 12.5. The molecule has 0 aromatic heterocycles. The third kappa shape index (κ3) is 3.75. The third-order valence-corrected chi connectivity index (χ3v) is 4.03. The molecule has 0 N–H and O–H groups in total. The summed E-state index contributed by atoms with van der Waals surface area (Å²) in [6.45, 7) is 9.37. The zero-order chi connectivity index (χ0) is 14.9. The van der Waals surface area contributed by atoms with Gasteiger partial charge in [0.05, 0.1) is 0 Å². The van der Waals surface area contributed by atoms with Gasteiger partial charge in [-0.3, -0.25) is 0 Å². The average molecular weight is 340 g/mol. The lowest BCUT2D eigenvalue weighted by Crippen LogP contribution is -2.35. The van der Waals surface area contributed by atoms with Crippen molar-refractivity contribution in [1.82, 2.24) is 4.90 Å². The summed E-state index contributed by atoms with van der Waals surface area (Å²) in [7, 11) is 0. The number of hydrogen-bond acceptors (Lipinski definition) is 2. The highest BCUT2D eigenvalue weighted by Gasteiger charge is 2.35. The molecule has 1 fully saturated rings. The van der Waals surface area contributed by atoms with Gasteiger partial charge >= 0.3 is 6.09 Å². The van der Waals surface area contributed by atoms with E-state index >= 15 is 0 Å². The molecule has 0 radical (unpaired) electrons. The summed E-state index contributed by atoms with van der Waals surface area (Å²) in [5.74, 6) is 0.817. The molecule has 2 atom stereocenters. The topological polar surface area (TPSA) is 29.5 Å². The lowest BCUT2D eigenvalue weighted by atomic mass is 9.90. The molecule has 1 saturated heterocycles. The van der Waals surface area contributed by atoms with E-state index in [2.05, 4.69) is 35.0 Å². The number of nitrogens with zero attached hydrogens (tertiary/aromatic N) is 1. The Balaban J connectivity index is 2.07. The highest BCUT2D eigenvalue weighted by molar-refractivity contribution is 9.10. The summed E-state index contributed by atoms with van der Waals surface area (Å²) < 4.78 is 6.54. The molecule has 1 aromatic carbocycles. The molecule has 1 aliphatic rings. The van der Waals surface area contributed by atoms with Gasteiger partial charge in [-0.05, 0) is 44.4 Å². The van der Waals surface area contributed by atoms with Crippen LogP contribution in [0.5, 0.6) is 0 Å². The normalized spacial score (nSPS) is 22.9. The van der Waals surface area contributed by atoms with E-state index in [0.717, 1.165) is 17.6 Å². The number of rotatable bonds is 1. The number of carbonyl (C=O) groups excluding carboxylic acids is 1. The Morgan fingerprint density at radius 2 is 2.05 bits per heavy atom. The molecule has 0 bridgehead atoms. The molecule has 0 spiro atoms. The van der Waals surface area contributed by atoms with Crippen LogP contribution in [0.15, 0.2) is 28.7 Å². The predicted octanol–water partition coefficient (Wildman–Crippen LogP) is 4.42. The summed E-state index contributed by atoms with van der Waals surface area (Å²) in [4.78, 5) is 14.0. The van der Waals surface area contributed by atoms with E-state index in [9.17, 15) is 4.79 Å². The van der Waals surface area contributed by atoms with Crippen LogP contribution in [-0.4, -0.2) is 29.7 Å². The van der Waals surface area contributed by atoms with Gasteiger partial charge in [-0.25, -0.2) is 4.79 Å². The van der Waals surface area contributed by atoms with Gasteiger partial charge in [0, 0.05) is 23.5 Å². The van der Waals surface area contributed by atoms with Crippen molar-refractivity contribution in [2.24, 2.45) is 5.92 Å². The van der Waals surface area contributed by atoms with E-state index in [1.165, 1.54) is 5.56 Å². The van der Waals surface area contributed by atoms with Crippen LogP contribution in [-0.2, 0) is 4.74 Å². The Bertz CT molecular complexity index is 495. The number of amides is 1. The average Bonchev–Trinajstić information content (AvgIpc) is 2.69. The van der Waals surface area contributed by atoms with Gasteiger partial charge in [0.15, 0.2) is 0 Å². The largest absolute Gasteiger partial charge is 0.444 e. The van der Waals surface area contributed by atoms with Gasteiger partial charge in [0.1, 0.15) is 5.60 Å². The fourth-order valence-corrected chi connectivity index (χ4v) is 3.03. The Hall–Kier alpha value is -1.03. The summed E-state index contributed by atoms with van der Waals surface area (Å²) in [5, 5.41) is 0. The van der Waals surface area contributed by atoms with E-state index in [4.69, 9.17) is 4.74 Å². The van der Waals surface area contributed by atoms with E-state index in [0.29, 0.717) is 11.8 Å². The number of likely N-dealkylation sites (tertiary alicyclic amines) is 1. The first-order chi connectivity index (χ1) is 9.26. The van der Waals surface area contributed by atoms with Crippen LogP contribution < -0.4 is 0 Å². The van der Waals surface area contributed by atoms with E-state index in [1.807, 2.05) is 37.8 Å². The molecule has 1 amide bonds. The maximum Gasteiger partial charge on any atom is 0.410 e. The van der Waals surface area contributed by atoms with E-state index in [-0.39, 0.29) is 6.09 Å². The van der Waals surface area contributed by atoms with E-state index < -0.39 is 5.60 Å². The monoisotopic (exact) mass is 339 g/mol. The lowest BCUT2D eigenvalue weighted by Gasteiger charge is -2.24. The number of halogens is 1. The molecule has 1 heterocycles. The van der Waals surface area contributed by atoms with Crippen molar-refractivity contribution in [3.05, 3.63) is 34.3 Å². The summed E-state index contributed by atoms with van der Waals surface area (Å²) in [6.07, 6.45) is -0.207. The number of benzene rings is 1. The maximum atomic E-state index is 12.1. The minimum atomic E-state index is -0.436. The quantitative estimate of drug-likeness (QED) is 0.757. The number of ether oxygens (including phenoxy) is 1. The first-order valence-electron chi connectivity index (χ1n) is 6.99. The molecule has 3 nitrogen and oxygen atoms in total. The first kappa shape index (κ1) is 15.4. The summed E-state index contributed by atoms with van der Waals surface area (Å²) >= 11 is 3.51. The molecule has 20 heavy (non-hydrogen) atoms. The van der Waals surface area contributed by atoms with Gasteiger partial charge in [-0.15, -0.1) is 0 Å². The molecule has 0 unspecified atom stereocenters. The number of hydrogen-bond donors (Lipinski definition) is 0. The van der Waals surface area contributed by atoms with Crippen molar-refractivity contribution < 1.29 is 9.53 Å². The molecule has 2 rings (SSSR count). The predicted molar refractivity (Wildman–Crippen MR) is 83.9 cm³/mol. The SMILES string of the molecule is C[C@H]1CN(C(=O)OC(C)(C)C)C[C@@H]1c1cccc(Br)c1. The fraction of sp³-hybridized carbons (Fsp3) is 0.562. The fourth-order valence-electron chi connectivity index (χ4n) is 2.61. The van der Waals surface area contributed by atoms with E-state index in [1.54, 1.807) is 0 Å². The Morgan fingerprint density at radius 3 is 2.65 bits per heavy atom. The van der Waals surface area contributed by atoms with Crippen LogP contribution in [0.4, 0.5) is 4.79 Å². The molecular weight excluding hydrogens is 318 g/mol. The van der Waals surface area contributed by atoms with Crippen LogP contribution in [0.1, 0.15) is 39.2 Å². The molecule has 0 saturated carbocycles. The smallest absolute Gasteiger partial charge is 0.410 e. The second-order valence-electron chi connectivity index (χ2n) is 6.52. The first-order valence-corrected chi connectivity index (χ1v) is 7.79. The lowest BCUT2D eigenvalue weighted by molar-refractivity contribution is 0.0287. The van der Waals surface area contributed by atoms with Crippen LogP contribution in [0.2, 0.25) is 0 Å². The standard InChI is InChI=1S/C16H22BrNO2/c1-11-9-18(15(19)20-16(2,3)4)10-14(11)12-6-5-7-13(17)8-12/h5-8,11,14H,9-10H2,1-4H3/t11-,14-/m0/s1. The van der Waals surface area contributed by atoms with Crippen molar-refractivity contribution in [2.75, 3.05) is 13.1 Å². The van der Waals surface area contributed by atoms with Crippen LogP contribution in [0, 0.1) is 5.92 Å². The van der Waals surface area contributed by atoms with Gasteiger partial charge in [-0.1, -0.05) is 35.0 Å². The summed E-state index contributed by atoms with van der Waals surface area (Å²) in [6, 6.07) is 8.33. The van der Waals surface area contributed by atoms with Crippen molar-refractivity contribution in [3.63, 3.8) is 0 Å². The van der Waals surface area contributed by atoms with Crippen LogP contribution in [0.3, 0.4) is 0 Å². The molecule has 1 aromatic rings. The highest BCUT2D eigenvalue weighted by atomic mass is 79.9. The Morgan fingerprint density at radius 1 is 1.35 bits per heavy atom. The molecule has 1 aliphatic heterocycles.